The highest BCUT2D eigenvalue weighted by molar-refractivity contribution is 7.85. The number of hydrogen-bond donors (Lipinski definition) is 1. The minimum Gasteiger partial charge on any atom is -0.314 e. The van der Waals surface area contributed by atoms with E-state index in [-0.39, 0.29) is 0 Å². The molecule has 1 N–H and O–H groups in total. The monoisotopic (exact) mass is 321 g/mol. The first kappa shape index (κ1) is 17.0. The van der Waals surface area contributed by atoms with E-state index in [0.29, 0.717) is 21.8 Å². The Morgan fingerprint density at radius 1 is 1.32 bits per heavy atom. The molecule has 0 radical (unpaired) electrons. The summed E-state index contributed by atoms with van der Waals surface area (Å²) >= 11 is 11.8. The van der Waals surface area contributed by atoms with Gasteiger partial charge in [-0.3, -0.25) is 4.21 Å². The first-order valence-corrected chi connectivity index (χ1v) is 8.69. The Morgan fingerprint density at radius 2 is 2.05 bits per heavy atom. The molecule has 0 fully saturated rings. The molecule has 0 spiro atoms. The Kier molecular flexibility index (Phi) is 8.00. The van der Waals surface area contributed by atoms with Crippen molar-refractivity contribution in [2.24, 2.45) is 0 Å². The lowest BCUT2D eigenvalue weighted by Gasteiger charge is -2.12. The fourth-order valence-corrected chi connectivity index (χ4v) is 3.25. The molecule has 0 saturated heterocycles. The summed E-state index contributed by atoms with van der Waals surface area (Å²) in [7, 11) is -0.995. The van der Waals surface area contributed by atoms with Gasteiger partial charge in [-0.15, -0.1) is 0 Å². The molecule has 0 aliphatic heterocycles. The Bertz CT molecular complexity index is 426. The smallest absolute Gasteiger partial charge is 0.0604 e. The van der Waals surface area contributed by atoms with Crippen LogP contribution in [0.4, 0.5) is 0 Å². The number of halogens is 2. The summed E-state index contributed by atoms with van der Waals surface area (Å²) in [5.74, 6) is 0.663. The van der Waals surface area contributed by atoms with E-state index in [9.17, 15) is 4.21 Å². The zero-order valence-electron chi connectivity index (χ0n) is 11.4. The van der Waals surface area contributed by atoms with Gasteiger partial charge in [0.25, 0.3) is 0 Å². The predicted molar refractivity (Wildman–Crippen MR) is 84.7 cm³/mol. The van der Waals surface area contributed by atoms with Crippen LogP contribution in [0, 0.1) is 0 Å². The molecule has 5 heteroatoms. The zero-order chi connectivity index (χ0) is 14.3. The van der Waals surface area contributed by atoms with Crippen LogP contribution in [-0.4, -0.2) is 22.5 Å². The van der Waals surface area contributed by atoms with Crippen molar-refractivity contribution in [2.45, 2.75) is 44.0 Å². The van der Waals surface area contributed by atoms with Crippen molar-refractivity contribution in [1.29, 1.82) is 0 Å². The van der Waals surface area contributed by atoms with Crippen LogP contribution in [0.3, 0.4) is 0 Å². The number of rotatable bonds is 8. The van der Waals surface area contributed by atoms with E-state index >= 15 is 0 Å². The topological polar surface area (TPSA) is 29.1 Å². The second-order valence-corrected chi connectivity index (χ2v) is 7.01. The largest absolute Gasteiger partial charge is 0.314 e. The summed E-state index contributed by atoms with van der Waals surface area (Å²) in [5.41, 5.74) is 0. The first-order valence-electron chi connectivity index (χ1n) is 6.61. The molecular formula is C14H21Cl2NOS. The van der Waals surface area contributed by atoms with E-state index in [1.807, 2.05) is 0 Å². The van der Waals surface area contributed by atoms with Crippen LogP contribution in [0.1, 0.15) is 33.1 Å². The van der Waals surface area contributed by atoms with E-state index in [1.165, 1.54) is 0 Å². The van der Waals surface area contributed by atoms with E-state index in [4.69, 9.17) is 23.2 Å². The van der Waals surface area contributed by atoms with Gasteiger partial charge in [-0.05, 0) is 50.9 Å². The minimum atomic E-state index is -0.995. The van der Waals surface area contributed by atoms with Crippen LogP contribution in [0.2, 0.25) is 10.0 Å². The third kappa shape index (κ3) is 6.26. The van der Waals surface area contributed by atoms with Crippen LogP contribution >= 0.6 is 23.2 Å². The SMILES string of the molecule is CCCNC(C)CCCS(=O)c1ccc(Cl)c(Cl)c1. The maximum Gasteiger partial charge on any atom is 0.0604 e. The molecule has 2 atom stereocenters. The molecule has 108 valence electrons. The lowest BCUT2D eigenvalue weighted by atomic mass is 10.2. The molecule has 1 aromatic rings. The molecular weight excluding hydrogens is 301 g/mol. The Labute approximate surface area is 128 Å². The molecule has 0 bridgehead atoms. The van der Waals surface area contributed by atoms with Crippen molar-refractivity contribution in [3.05, 3.63) is 28.2 Å². The predicted octanol–water partition coefficient (Wildman–Crippen LogP) is 4.27. The Hall–Kier alpha value is -0.0900. The van der Waals surface area contributed by atoms with Gasteiger partial charge < -0.3 is 5.32 Å². The standard InChI is InChI=1S/C14H21Cl2NOS/c1-3-8-17-11(2)5-4-9-19(18)12-6-7-13(15)14(16)10-12/h6-7,10-11,17H,3-5,8-9H2,1-2H3. The fourth-order valence-electron chi connectivity index (χ4n) is 1.75. The van der Waals surface area contributed by atoms with Crippen LogP contribution < -0.4 is 5.32 Å². The highest BCUT2D eigenvalue weighted by Crippen LogP contribution is 2.24. The first-order chi connectivity index (χ1) is 9.04. The Balaban J connectivity index is 2.37. The second-order valence-electron chi connectivity index (χ2n) is 4.62. The van der Waals surface area contributed by atoms with Gasteiger partial charge in [0.05, 0.1) is 20.8 Å². The van der Waals surface area contributed by atoms with Gasteiger partial charge in [-0.1, -0.05) is 30.1 Å². The van der Waals surface area contributed by atoms with Crippen LogP contribution in [0.25, 0.3) is 0 Å². The Morgan fingerprint density at radius 3 is 2.68 bits per heavy atom. The van der Waals surface area contributed by atoms with Gasteiger partial charge in [0.15, 0.2) is 0 Å². The highest BCUT2D eigenvalue weighted by atomic mass is 35.5. The van der Waals surface area contributed by atoms with E-state index in [2.05, 4.69) is 19.2 Å². The molecule has 0 aromatic heterocycles. The van der Waals surface area contributed by atoms with Gasteiger partial charge in [0.1, 0.15) is 0 Å². The van der Waals surface area contributed by atoms with Gasteiger partial charge in [-0.25, -0.2) is 0 Å². The quantitative estimate of drug-likeness (QED) is 0.774. The second kappa shape index (κ2) is 8.96. The third-order valence-electron chi connectivity index (χ3n) is 2.86. The number of hydrogen-bond acceptors (Lipinski definition) is 2. The van der Waals surface area contributed by atoms with E-state index < -0.39 is 10.8 Å². The zero-order valence-corrected chi connectivity index (χ0v) is 13.7. The van der Waals surface area contributed by atoms with Crippen LogP contribution in [0.5, 0.6) is 0 Å². The summed E-state index contributed by atoms with van der Waals surface area (Å²) in [4.78, 5) is 0.753. The molecule has 2 nitrogen and oxygen atoms in total. The summed E-state index contributed by atoms with van der Waals surface area (Å²) in [6, 6.07) is 5.65. The third-order valence-corrected chi connectivity index (χ3v) is 5.04. The van der Waals surface area contributed by atoms with Gasteiger partial charge >= 0.3 is 0 Å². The van der Waals surface area contributed by atoms with Gasteiger partial charge in [0, 0.05) is 16.7 Å². The average molecular weight is 322 g/mol. The molecule has 0 heterocycles. The normalized spacial score (nSPS) is 14.3. The summed E-state index contributed by atoms with van der Waals surface area (Å²) in [5, 5.41) is 4.39. The fraction of sp³-hybridized carbons (Fsp3) is 0.571. The van der Waals surface area contributed by atoms with Crippen molar-refractivity contribution in [3.8, 4) is 0 Å². The summed E-state index contributed by atoms with van der Waals surface area (Å²) in [6.45, 7) is 5.35. The maximum atomic E-state index is 12.1. The van der Waals surface area contributed by atoms with Crippen molar-refractivity contribution in [2.75, 3.05) is 12.3 Å². The van der Waals surface area contributed by atoms with E-state index in [0.717, 1.165) is 30.7 Å². The number of nitrogens with one attached hydrogen (secondary N) is 1. The molecule has 1 aromatic carbocycles. The van der Waals surface area contributed by atoms with E-state index in [1.54, 1.807) is 18.2 Å². The summed E-state index contributed by atoms with van der Waals surface area (Å²) < 4.78 is 12.1. The molecule has 0 aliphatic carbocycles. The maximum absolute atomic E-state index is 12.1. The van der Waals surface area contributed by atoms with Crippen molar-refractivity contribution in [3.63, 3.8) is 0 Å². The van der Waals surface area contributed by atoms with Crippen molar-refractivity contribution in [1.82, 2.24) is 5.32 Å². The van der Waals surface area contributed by atoms with Gasteiger partial charge in [0.2, 0.25) is 0 Å². The molecule has 0 saturated carbocycles. The molecule has 1 rings (SSSR count). The lowest BCUT2D eigenvalue weighted by Crippen LogP contribution is -2.26. The number of benzene rings is 1. The van der Waals surface area contributed by atoms with Crippen molar-refractivity contribution < 1.29 is 4.21 Å². The average Bonchev–Trinajstić information content (AvgIpc) is 2.39. The lowest BCUT2D eigenvalue weighted by molar-refractivity contribution is 0.509. The summed E-state index contributed by atoms with van der Waals surface area (Å²) in [6.07, 6.45) is 3.11. The molecule has 0 amide bonds. The van der Waals surface area contributed by atoms with Gasteiger partial charge in [-0.2, -0.15) is 0 Å². The molecule has 2 unspecified atom stereocenters. The highest BCUT2D eigenvalue weighted by Gasteiger charge is 2.08. The van der Waals surface area contributed by atoms with Crippen molar-refractivity contribution >= 4 is 34.0 Å². The molecule has 19 heavy (non-hydrogen) atoms. The molecule has 0 aliphatic rings. The van der Waals surface area contributed by atoms with Crippen LogP contribution in [-0.2, 0) is 10.8 Å². The van der Waals surface area contributed by atoms with Crippen LogP contribution in [0.15, 0.2) is 23.1 Å². The minimum absolute atomic E-state index is 0.463.